The summed E-state index contributed by atoms with van der Waals surface area (Å²) in [6, 6.07) is 7.38. The molecule has 1 aliphatic rings. The molecule has 7 heteroatoms. The van der Waals surface area contributed by atoms with Crippen LogP contribution in [0.1, 0.15) is 35.3 Å². The number of carbonyl (C=O) groups excluding carboxylic acids is 1. The van der Waals surface area contributed by atoms with E-state index in [0.717, 1.165) is 37.3 Å². The standard InChI is InChI=1S/C20H27N5O2/c1-14-17(7-9-19(26)22-14)20(27)25-11-4-5-15(10-12-25)23-16-6-8-18(21-13-16)24(2)3/h6-9,13,15,23H,4-5,10-12H2,1-3H3,(H,22,26). The van der Waals surface area contributed by atoms with E-state index in [1.807, 2.05) is 42.2 Å². The predicted octanol–water partition coefficient (Wildman–Crippen LogP) is 2.25. The maximum atomic E-state index is 12.8. The number of likely N-dealkylation sites (tertiary alicyclic amines) is 1. The minimum absolute atomic E-state index is 0.0126. The SMILES string of the molecule is Cc1[nH]c(=O)ccc1C(=O)N1CCCC(Nc2ccc(N(C)C)nc2)CC1. The maximum Gasteiger partial charge on any atom is 0.255 e. The average molecular weight is 369 g/mol. The van der Waals surface area contributed by atoms with Crippen molar-refractivity contribution in [2.24, 2.45) is 0 Å². The van der Waals surface area contributed by atoms with E-state index >= 15 is 0 Å². The van der Waals surface area contributed by atoms with E-state index in [4.69, 9.17) is 0 Å². The highest BCUT2D eigenvalue weighted by Crippen LogP contribution is 2.19. The number of rotatable bonds is 4. The minimum atomic E-state index is -0.182. The Bertz CT molecular complexity index is 844. The molecule has 27 heavy (non-hydrogen) atoms. The normalized spacial score (nSPS) is 17.3. The van der Waals surface area contributed by atoms with E-state index < -0.39 is 0 Å². The molecule has 3 rings (SSSR count). The van der Waals surface area contributed by atoms with Crippen LogP contribution in [0, 0.1) is 6.92 Å². The second-order valence-electron chi connectivity index (χ2n) is 7.23. The summed E-state index contributed by atoms with van der Waals surface area (Å²) >= 11 is 0. The molecular weight excluding hydrogens is 342 g/mol. The zero-order chi connectivity index (χ0) is 19.4. The van der Waals surface area contributed by atoms with E-state index in [9.17, 15) is 9.59 Å². The number of H-pyrrole nitrogens is 1. The Kier molecular flexibility index (Phi) is 5.78. The van der Waals surface area contributed by atoms with Gasteiger partial charge in [0.05, 0.1) is 17.4 Å². The number of carbonyl (C=O) groups is 1. The van der Waals surface area contributed by atoms with Crippen LogP contribution in [0.15, 0.2) is 35.3 Å². The molecule has 1 fully saturated rings. The summed E-state index contributed by atoms with van der Waals surface area (Å²) in [4.78, 5) is 35.2. The molecule has 3 heterocycles. The third-order valence-electron chi connectivity index (χ3n) is 4.94. The van der Waals surface area contributed by atoms with Crippen LogP contribution in [0.4, 0.5) is 11.5 Å². The van der Waals surface area contributed by atoms with Crippen LogP contribution in [0.5, 0.6) is 0 Å². The molecule has 1 unspecified atom stereocenters. The van der Waals surface area contributed by atoms with Gasteiger partial charge in [0, 0.05) is 45.0 Å². The van der Waals surface area contributed by atoms with Gasteiger partial charge in [0.2, 0.25) is 5.56 Å². The highest BCUT2D eigenvalue weighted by molar-refractivity contribution is 5.95. The maximum absolute atomic E-state index is 12.8. The molecule has 0 bridgehead atoms. The van der Waals surface area contributed by atoms with E-state index in [0.29, 0.717) is 23.8 Å². The molecule has 2 aromatic heterocycles. The zero-order valence-electron chi connectivity index (χ0n) is 16.2. The van der Waals surface area contributed by atoms with Gasteiger partial charge >= 0.3 is 0 Å². The number of amides is 1. The quantitative estimate of drug-likeness (QED) is 0.864. The third kappa shape index (κ3) is 4.67. The molecule has 1 amide bonds. The fourth-order valence-electron chi connectivity index (χ4n) is 3.40. The Hall–Kier alpha value is -2.83. The first-order valence-corrected chi connectivity index (χ1v) is 9.33. The number of nitrogens with one attached hydrogen (secondary N) is 2. The summed E-state index contributed by atoms with van der Waals surface area (Å²) in [5, 5.41) is 3.54. The molecule has 1 saturated heterocycles. The lowest BCUT2D eigenvalue weighted by Crippen LogP contribution is -2.33. The van der Waals surface area contributed by atoms with Gasteiger partial charge < -0.3 is 20.1 Å². The van der Waals surface area contributed by atoms with Crippen molar-refractivity contribution in [2.45, 2.75) is 32.2 Å². The molecule has 0 radical (unpaired) electrons. The number of pyridine rings is 2. The number of anilines is 2. The Balaban J connectivity index is 1.61. The number of aromatic amines is 1. The van der Waals surface area contributed by atoms with Crippen LogP contribution in [-0.4, -0.2) is 54.0 Å². The summed E-state index contributed by atoms with van der Waals surface area (Å²) < 4.78 is 0. The van der Waals surface area contributed by atoms with Crippen molar-refractivity contribution >= 4 is 17.4 Å². The average Bonchev–Trinajstić information content (AvgIpc) is 2.87. The zero-order valence-corrected chi connectivity index (χ0v) is 16.2. The Morgan fingerprint density at radius 3 is 2.70 bits per heavy atom. The van der Waals surface area contributed by atoms with Crippen molar-refractivity contribution in [1.29, 1.82) is 0 Å². The Morgan fingerprint density at radius 2 is 2.04 bits per heavy atom. The molecule has 1 atom stereocenters. The van der Waals surface area contributed by atoms with Crippen LogP contribution in [0.3, 0.4) is 0 Å². The van der Waals surface area contributed by atoms with Gasteiger partial charge in [0.1, 0.15) is 5.82 Å². The monoisotopic (exact) mass is 369 g/mol. The molecule has 0 aromatic carbocycles. The van der Waals surface area contributed by atoms with Gasteiger partial charge in [0.25, 0.3) is 5.91 Å². The lowest BCUT2D eigenvalue weighted by atomic mass is 10.1. The van der Waals surface area contributed by atoms with Gasteiger partial charge in [-0.25, -0.2) is 4.98 Å². The first-order chi connectivity index (χ1) is 12.9. The molecule has 7 nitrogen and oxygen atoms in total. The Labute approximate surface area is 159 Å². The summed E-state index contributed by atoms with van der Waals surface area (Å²) in [5.41, 5.74) is 2.02. The van der Waals surface area contributed by atoms with Crippen molar-refractivity contribution in [1.82, 2.24) is 14.9 Å². The summed E-state index contributed by atoms with van der Waals surface area (Å²) in [6.45, 7) is 3.19. The molecule has 0 saturated carbocycles. The summed E-state index contributed by atoms with van der Waals surface area (Å²) in [6.07, 6.45) is 4.68. The summed E-state index contributed by atoms with van der Waals surface area (Å²) in [5.74, 6) is 0.913. The van der Waals surface area contributed by atoms with Gasteiger partial charge in [-0.2, -0.15) is 0 Å². The topological polar surface area (TPSA) is 81.3 Å². The molecule has 2 aromatic rings. The second-order valence-corrected chi connectivity index (χ2v) is 7.23. The molecule has 1 aliphatic heterocycles. The van der Waals surface area contributed by atoms with Crippen molar-refractivity contribution in [3.05, 3.63) is 52.1 Å². The van der Waals surface area contributed by atoms with E-state index in [1.54, 1.807) is 13.0 Å². The molecule has 144 valence electrons. The highest BCUT2D eigenvalue weighted by Gasteiger charge is 2.22. The summed E-state index contributed by atoms with van der Waals surface area (Å²) in [7, 11) is 3.94. The van der Waals surface area contributed by atoms with Crippen LogP contribution in [0.25, 0.3) is 0 Å². The van der Waals surface area contributed by atoms with Gasteiger partial charge in [-0.1, -0.05) is 0 Å². The lowest BCUT2D eigenvalue weighted by Gasteiger charge is -2.22. The van der Waals surface area contributed by atoms with Crippen LogP contribution < -0.4 is 15.8 Å². The second kappa shape index (κ2) is 8.24. The lowest BCUT2D eigenvalue weighted by molar-refractivity contribution is 0.0760. The van der Waals surface area contributed by atoms with Crippen molar-refractivity contribution in [3.8, 4) is 0 Å². The number of aromatic nitrogens is 2. The molecule has 0 spiro atoms. The van der Waals surface area contributed by atoms with Crippen LogP contribution >= 0.6 is 0 Å². The smallest absolute Gasteiger partial charge is 0.255 e. The van der Waals surface area contributed by atoms with E-state index in [2.05, 4.69) is 15.3 Å². The van der Waals surface area contributed by atoms with Crippen LogP contribution in [-0.2, 0) is 0 Å². The van der Waals surface area contributed by atoms with E-state index in [-0.39, 0.29) is 11.5 Å². The number of hydrogen-bond donors (Lipinski definition) is 2. The number of aryl methyl sites for hydroxylation is 1. The predicted molar refractivity (Wildman–Crippen MR) is 108 cm³/mol. The van der Waals surface area contributed by atoms with E-state index in [1.165, 1.54) is 6.07 Å². The Morgan fingerprint density at radius 1 is 1.22 bits per heavy atom. The minimum Gasteiger partial charge on any atom is -0.381 e. The largest absolute Gasteiger partial charge is 0.381 e. The fraction of sp³-hybridized carbons (Fsp3) is 0.450. The highest BCUT2D eigenvalue weighted by atomic mass is 16.2. The molecular formula is C20H27N5O2. The van der Waals surface area contributed by atoms with Gasteiger partial charge in [-0.05, 0) is 44.4 Å². The van der Waals surface area contributed by atoms with Gasteiger partial charge in [-0.3, -0.25) is 9.59 Å². The molecule has 2 N–H and O–H groups in total. The number of nitrogens with zero attached hydrogens (tertiary/aromatic N) is 3. The number of hydrogen-bond acceptors (Lipinski definition) is 5. The van der Waals surface area contributed by atoms with Gasteiger partial charge in [-0.15, -0.1) is 0 Å². The van der Waals surface area contributed by atoms with Crippen molar-refractivity contribution < 1.29 is 4.79 Å². The molecule has 0 aliphatic carbocycles. The van der Waals surface area contributed by atoms with Crippen molar-refractivity contribution in [2.75, 3.05) is 37.4 Å². The first-order valence-electron chi connectivity index (χ1n) is 9.33. The van der Waals surface area contributed by atoms with Gasteiger partial charge in [0.15, 0.2) is 0 Å². The third-order valence-corrected chi connectivity index (χ3v) is 4.94. The van der Waals surface area contributed by atoms with Crippen molar-refractivity contribution in [3.63, 3.8) is 0 Å². The first kappa shape index (κ1) is 18.9. The van der Waals surface area contributed by atoms with Crippen LogP contribution in [0.2, 0.25) is 0 Å². The fourth-order valence-corrected chi connectivity index (χ4v) is 3.40.